The third kappa shape index (κ3) is 5.69. The minimum absolute atomic E-state index is 0.0425. The van der Waals surface area contributed by atoms with E-state index in [1.807, 2.05) is 0 Å². The maximum absolute atomic E-state index is 11.3. The van der Waals surface area contributed by atoms with Gasteiger partial charge >= 0.3 is 0 Å². The Bertz CT molecular complexity index is 948. The predicted octanol–water partition coefficient (Wildman–Crippen LogP) is -3.16. The van der Waals surface area contributed by atoms with Crippen LogP contribution >= 0.6 is 0 Å². The molecule has 0 unspecified atom stereocenters. The van der Waals surface area contributed by atoms with E-state index in [4.69, 9.17) is 48.2 Å². The molecule has 6 rings (SSSR count). The van der Waals surface area contributed by atoms with Gasteiger partial charge in [0.15, 0.2) is 38.2 Å². The molecule has 18 heteroatoms. The van der Waals surface area contributed by atoms with Gasteiger partial charge in [0.05, 0.1) is 30.5 Å². The van der Waals surface area contributed by atoms with Gasteiger partial charge in [0, 0.05) is 24.5 Å². The first-order valence-electron chi connectivity index (χ1n) is 13.5. The third-order valence-corrected chi connectivity index (χ3v) is 8.16. The molecule has 6 aliphatic rings. The van der Waals surface area contributed by atoms with Crippen LogP contribution in [0.3, 0.4) is 0 Å². The molecule has 6 fully saturated rings. The summed E-state index contributed by atoms with van der Waals surface area (Å²) in [6.07, 6.45) is -14.4. The lowest BCUT2D eigenvalue weighted by molar-refractivity contribution is -0.217. The van der Waals surface area contributed by atoms with Crippen LogP contribution in [0.2, 0.25) is 0 Å². The summed E-state index contributed by atoms with van der Waals surface area (Å²) in [6.45, 7) is 2.67. The number of hydrogen-bond acceptors (Lipinski definition) is 16. The molecule has 6 saturated heterocycles. The summed E-state index contributed by atoms with van der Waals surface area (Å²) in [7, 11) is 0. The number of aliphatic hydroxyl groups is 5. The summed E-state index contributed by atoms with van der Waals surface area (Å²) in [5, 5.41) is 58.4. The summed E-state index contributed by atoms with van der Waals surface area (Å²) in [5.74, 6) is -0.976. The summed E-state index contributed by atoms with van der Waals surface area (Å²) < 4.78 is 49.9. The summed E-state index contributed by atoms with van der Waals surface area (Å²) >= 11 is 0. The van der Waals surface area contributed by atoms with Gasteiger partial charge in [-0.1, -0.05) is 5.11 Å². The summed E-state index contributed by atoms with van der Waals surface area (Å²) in [6, 6.07) is -0.930. The smallest absolute Gasteiger partial charge is 0.189 e. The van der Waals surface area contributed by atoms with Crippen molar-refractivity contribution in [2.24, 2.45) is 5.11 Å². The van der Waals surface area contributed by atoms with Crippen molar-refractivity contribution >= 4 is 0 Å². The zero-order valence-electron chi connectivity index (χ0n) is 22.4. The van der Waals surface area contributed by atoms with Crippen LogP contribution in [0.5, 0.6) is 0 Å². The number of aliphatic hydroxyl groups excluding tert-OH is 5. The van der Waals surface area contributed by atoms with Crippen LogP contribution in [-0.2, 0) is 42.6 Å². The summed E-state index contributed by atoms with van der Waals surface area (Å²) in [5.41, 5.74) is 9.16. The maximum Gasteiger partial charge on any atom is 0.189 e. The van der Waals surface area contributed by atoms with Crippen LogP contribution in [0.15, 0.2) is 5.11 Å². The van der Waals surface area contributed by atoms with Crippen molar-refractivity contribution in [1.29, 1.82) is 0 Å². The first kappa shape index (κ1) is 29.8. The Balaban J connectivity index is 1.15. The quantitative estimate of drug-likeness (QED) is 0.0956. The first-order chi connectivity index (χ1) is 19.6. The van der Waals surface area contributed by atoms with Gasteiger partial charge in [0.1, 0.15) is 42.7 Å². The van der Waals surface area contributed by atoms with Crippen LogP contribution in [0, 0.1) is 0 Å². The lowest BCUT2D eigenvalue weighted by Gasteiger charge is -2.35. The molecule has 0 aromatic rings. The maximum atomic E-state index is 11.3. The fraction of sp³-hybridized carbons (Fsp3) is 1.00. The van der Waals surface area contributed by atoms with E-state index in [2.05, 4.69) is 10.0 Å². The predicted molar refractivity (Wildman–Crippen MR) is 127 cm³/mol. The topological polar surface area (TPSA) is 236 Å². The fourth-order valence-corrected chi connectivity index (χ4v) is 6.30. The SMILES string of the molecule is CC1(C)O[C@H]2O[C@H]([C@H](O)CN(C[C@@H](O)[C@@H]3O[C@H]4OCO[C@H]4[C@@H]3O)C[C@H](O)[C@@H]3O[C@H]4OCO[C@H]4[C@@H]3O)[C@H](N=[N+]=[N-])[C@H]2O1. The van der Waals surface area contributed by atoms with Gasteiger partial charge in [-0.3, -0.25) is 4.90 Å². The molecule has 5 N–H and O–H groups in total. The van der Waals surface area contributed by atoms with Gasteiger partial charge in [-0.2, -0.15) is 0 Å². The molecule has 41 heavy (non-hydrogen) atoms. The number of hydrogen-bond donors (Lipinski definition) is 5. The van der Waals surface area contributed by atoms with E-state index in [0.717, 1.165) is 0 Å². The van der Waals surface area contributed by atoms with Crippen molar-refractivity contribution in [3.8, 4) is 0 Å². The average molecular weight is 593 g/mol. The second-order valence-corrected chi connectivity index (χ2v) is 11.4. The highest BCUT2D eigenvalue weighted by atomic mass is 16.8. The monoisotopic (exact) mass is 592 g/mol. The second-order valence-electron chi connectivity index (χ2n) is 11.4. The second kappa shape index (κ2) is 11.7. The van der Waals surface area contributed by atoms with Crippen molar-refractivity contribution in [2.75, 3.05) is 33.2 Å². The highest BCUT2D eigenvalue weighted by Gasteiger charge is 2.57. The Labute approximate surface area is 234 Å². The molecule has 0 saturated carbocycles. The molecule has 0 bridgehead atoms. The van der Waals surface area contributed by atoms with E-state index in [1.165, 1.54) is 4.90 Å². The number of fused-ring (bicyclic) bond motifs is 3. The molecule has 0 spiro atoms. The van der Waals surface area contributed by atoms with Crippen molar-refractivity contribution in [1.82, 2.24) is 4.90 Å². The molecular formula is C23H36N4O14. The average Bonchev–Trinajstić information content (AvgIpc) is 3.72. The molecule has 0 aliphatic carbocycles. The van der Waals surface area contributed by atoms with E-state index in [0.29, 0.717) is 0 Å². The van der Waals surface area contributed by atoms with Gasteiger partial charge in [-0.05, 0) is 19.4 Å². The minimum atomic E-state index is -1.31. The van der Waals surface area contributed by atoms with Crippen molar-refractivity contribution in [3.05, 3.63) is 10.4 Å². The minimum Gasteiger partial charge on any atom is -0.389 e. The Morgan fingerprint density at radius 1 is 0.756 bits per heavy atom. The molecule has 0 aromatic heterocycles. The van der Waals surface area contributed by atoms with Gasteiger partial charge in [-0.15, -0.1) is 0 Å². The number of nitrogens with zero attached hydrogens (tertiary/aromatic N) is 4. The number of ether oxygens (including phenoxy) is 9. The fourth-order valence-electron chi connectivity index (χ4n) is 6.30. The third-order valence-electron chi connectivity index (χ3n) is 8.16. The number of azide groups is 1. The van der Waals surface area contributed by atoms with Gasteiger partial charge < -0.3 is 68.2 Å². The molecule has 6 heterocycles. The van der Waals surface area contributed by atoms with Gasteiger partial charge in [0.2, 0.25) is 0 Å². The van der Waals surface area contributed by atoms with Gasteiger partial charge in [-0.25, -0.2) is 0 Å². The van der Waals surface area contributed by atoms with Crippen LogP contribution in [0.1, 0.15) is 13.8 Å². The standard InChI is InChI=1S/C23H36N4O14/c1-23(2)40-17-11(25-26-24)14(37-22(17)41-23)8(28)3-27(4-9(29)15-12(31)18-20(38-15)35-6-33-18)5-10(30)16-13(32)19-21(39-16)36-7-34-19/h8-22,28-32H,3-7H2,1-2H3/t8-,9-,10+,11+,12-,13-,14-,15+,16+,17-,18+,19+,20-,21-,22-/m1/s1. The van der Waals surface area contributed by atoms with Crippen LogP contribution < -0.4 is 0 Å². The molecule has 18 nitrogen and oxygen atoms in total. The summed E-state index contributed by atoms with van der Waals surface area (Å²) in [4.78, 5) is 4.37. The molecule has 15 atom stereocenters. The van der Waals surface area contributed by atoms with E-state index in [9.17, 15) is 25.5 Å². The number of rotatable bonds is 10. The van der Waals surface area contributed by atoms with Crippen molar-refractivity contribution in [2.45, 2.75) is 112 Å². The molecule has 6 aliphatic heterocycles. The Morgan fingerprint density at radius 3 is 1.73 bits per heavy atom. The van der Waals surface area contributed by atoms with Crippen LogP contribution in [0.25, 0.3) is 10.4 Å². The molecule has 0 amide bonds. The van der Waals surface area contributed by atoms with Crippen molar-refractivity contribution < 1.29 is 68.2 Å². The largest absolute Gasteiger partial charge is 0.389 e. The van der Waals surface area contributed by atoms with Crippen molar-refractivity contribution in [3.63, 3.8) is 0 Å². The molecule has 0 aromatic carbocycles. The van der Waals surface area contributed by atoms with E-state index < -0.39 is 97.8 Å². The van der Waals surface area contributed by atoms with Gasteiger partial charge in [0.25, 0.3) is 0 Å². The zero-order valence-corrected chi connectivity index (χ0v) is 22.4. The lowest BCUT2D eigenvalue weighted by Crippen LogP contribution is -2.53. The normalized spacial score (nSPS) is 46.7. The lowest BCUT2D eigenvalue weighted by atomic mass is 10.0. The van der Waals surface area contributed by atoms with Crippen LogP contribution in [0.4, 0.5) is 0 Å². The molecule has 0 radical (unpaired) electrons. The Kier molecular flexibility index (Phi) is 8.47. The molecular weight excluding hydrogens is 556 g/mol. The zero-order chi connectivity index (χ0) is 29.1. The first-order valence-corrected chi connectivity index (χ1v) is 13.5. The highest BCUT2D eigenvalue weighted by molar-refractivity contribution is 5.02. The van der Waals surface area contributed by atoms with E-state index >= 15 is 0 Å². The Morgan fingerprint density at radius 2 is 1.24 bits per heavy atom. The Hall–Kier alpha value is -1.29. The van der Waals surface area contributed by atoms with E-state index in [1.54, 1.807) is 13.8 Å². The highest BCUT2D eigenvalue weighted by Crippen LogP contribution is 2.40. The molecule has 232 valence electrons. The van der Waals surface area contributed by atoms with Crippen LogP contribution in [-0.4, -0.2) is 161 Å². The van der Waals surface area contributed by atoms with E-state index in [-0.39, 0.29) is 33.2 Å².